The lowest BCUT2D eigenvalue weighted by atomic mass is 10.2. The Bertz CT molecular complexity index is 545. The summed E-state index contributed by atoms with van der Waals surface area (Å²) in [5, 5.41) is 13.2. The minimum absolute atomic E-state index is 0.193. The van der Waals surface area contributed by atoms with Gasteiger partial charge >= 0.3 is 5.97 Å². The van der Waals surface area contributed by atoms with Gasteiger partial charge in [0.25, 0.3) is 0 Å². The van der Waals surface area contributed by atoms with Crippen LogP contribution in [0.15, 0.2) is 12.3 Å². The van der Waals surface area contributed by atoms with Gasteiger partial charge in [0.2, 0.25) is 0 Å². The number of aromatic carboxylic acids is 1. The van der Waals surface area contributed by atoms with Gasteiger partial charge in [0.15, 0.2) is 5.65 Å². The van der Waals surface area contributed by atoms with Gasteiger partial charge in [0, 0.05) is 12.3 Å². The Morgan fingerprint density at radius 1 is 1.56 bits per heavy atom. The van der Waals surface area contributed by atoms with Crippen LogP contribution in [-0.2, 0) is 6.42 Å². The maximum absolute atomic E-state index is 10.9. The van der Waals surface area contributed by atoms with E-state index in [-0.39, 0.29) is 5.56 Å². The summed E-state index contributed by atoms with van der Waals surface area (Å²) >= 11 is 0. The summed E-state index contributed by atoms with van der Waals surface area (Å²) in [5.74, 6) is -0.973. The Labute approximate surface area is 92.7 Å². The molecule has 2 aromatic heterocycles. The Kier molecular flexibility index (Phi) is 2.60. The van der Waals surface area contributed by atoms with Gasteiger partial charge in [-0.1, -0.05) is 13.3 Å². The van der Waals surface area contributed by atoms with Gasteiger partial charge < -0.3 is 5.11 Å². The molecule has 0 aliphatic carbocycles. The average Bonchev–Trinajstić information content (AvgIpc) is 2.58. The smallest absolute Gasteiger partial charge is 0.339 e. The molecular weight excluding hydrogens is 206 g/mol. The van der Waals surface area contributed by atoms with Gasteiger partial charge in [-0.15, -0.1) is 0 Å². The molecule has 0 radical (unpaired) electrons. The van der Waals surface area contributed by atoms with Crippen molar-refractivity contribution >= 4 is 11.6 Å². The van der Waals surface area contributed by atoms with Crippen LogP contribution in [0, 0.1) is 6.92 Å². The molecule has 5 heteroatoms. The number of carboxylic acid groups (broad SMARTS) is 1. The molecule has 0 amide bonds. The van der Waals surface area contributed by atoms with E-state index >= 15 is 0 Å². The second-order valence-electron chi connectivity index (χ2n) is 3.73. The molecule has 0 atom stereocenters. The van der Waals surface area contributed by atoms with Crippen molar-refractivity contribution in [3.63, 3.8) is 0 Å². The van der Waals surface area contributed by atoms with Crippen LogP contribution in [0.3, 0.4) is 0 Å². The van der Waals surface area contributed by atoms with Crippen molar-refractivity contribution in [2.24, 2.45) is 0 Å². The van der Waals surface area contributed by atoms with E-state index in [9.17, 15) is 4.79 Å². The summed E-state index contributed by atoms with van der Waals surface area (Å²) in [6.07, 6.45) is 3.40. The van der Waals surface area contributed by atoms with Crippen LogP contribution in [0.4, 0.5) is 0 Å². The van der Waals surface area contributed by atoms with Gasteiger partial charge in [0.05, 0.1) is 17.0 Å². The van der Waals surface area contributed by atoms with Crippen molar-refractivity contribution in [1.82, 2.24) is 14.6 Å². The fraction of sp³-hybridized carbons (Fsp3) is 0.364. The molecule has 16 heavy (non-hydrogen) atoms. The number of hydrogen-bond acceptors (Lipinski definition) is 3. The molecule has 2 heterocycles. The van der Waals surface area contributed by atoms with Crippen molar-refractivity contribution < 1.29 is 9.90 Å². The third-order valence-electron chi connectivity index (χ3n) is 2.43. The maximum Gasteiger partial charge on any atom is 0.339 e. The summed E-state index contributed by atoms with van der Waals surface area (Å²) in [6, 6.07) is 1.89. The molecule has 5 nitrogen and oxygen atoms in total. The number of carboxylic acids is 1. The monoisotopic (exact) mass is 219 g/mol. The van der Waals surface area contributed by atoms with Crippen molar-refractivity contribution in [3.05, 3.63) is 29.2 Å². The first-order valence-corrected chi connectivity index (χ1v) is 5.21. The maximum atomic E-state index is 10.9. The Morgan fingerprint density at radius 2 is 2.31 bits per heavy atom. The van der Waals surface area contributed by atoms with Crippen molar-refractivity contribution in [2.45, 2.75) is 26.7 Å². The summed E-state index contributed by atoms with van der Waals surface area (Å²) in [4.78, 5) is 15.1. The second kappa shape index (κ2) is 3.92. The first-order chi connectivity index (χ1) is 7.61. The Morgan fingerprint density at radius 3 is 2.94 bits per heavy atom. The zero-order valence-corrected chi connectivity index (χ0v) is 9.27. The molecule has 0 aliphatic heterocycles. The number of aromatic nitrogens is 3. The summed E-state index contributed by atoms with van der Waals surface area (Å²) in [7, 11) is 0. The molecule has 1 N–H and O–H groups in total. The highest BCUT2D eigenvalue weighted by Gasteiger charge is 2.11. The van der Waals surface area contributed by atoms with Crippen LogP contribution in [0.25, 0.3) is 5.65 Å². The van der Waals surface area contributed by atoms with Gasteiger partial charge in [-0.25, -0.2) is 14.3 Å². The predicted molar refractivity (Wildman–Crippen MR) is 58.7 cm³/mol. The fourth-order valence-electron chi connectivity index (χ4n) is 1.65. The lowest BCUT2D eigenvalue weighted by Crippen LogP contribution is -2.05. The molecule has 84 valence electrons. The lowest BCUT2D eigenvalue weighted by Gasteiger charge is -1.99. The highest BCUT2D eigenvalue weighted by atomic mass is 16.4. The number of carbonyl (C=O) groups is 1. The summed E-state index contributed by atoms with van der Waals surface area (Å²) < 4.78 is 1.53. The molecule has 0 aromatic carbocycles. The van der Waals surface area contributed by atoms with E-state index in [4.69, 9.17) is 5.11 Å². The van der Waals surface area contributed by atoms with E-state index in [1.54, 1.807) is 6.92 Å². The molecule has 0 unspecified atom stereocenters. The SMILES string of the molecule is CCCc1cc2nc(C)c(C(=O)O)cn2n1. The minimum Gasteiger partial charge on any atom is -0.478 e. The van der Waals surface area contributed by atoms with E-state index in [1.807, 2.05) is 6.07 Å². The first kappa shape index (κ1) is 10.6. The number of nitrogens with zero attached hydrogens (tertiary/aromatic N) is 3. The van der Waals surface area contributed by atoms with Crippen molar-refractivity contribution in [3.8, 4) is 0 Å². The number of hydrogen-bond donors (Lipinski definition) is 1. The first-order valence-electron chi connectivity index (χ1n) is 5.21. The van der Waals surface area contributed by atoms with Crippen LogP contribution in [-0.4, -0.2) is 25.7 Å². The molecular formula is C11H13N3O2. The van der Waals surface area contributed by atoms with Crippen LogP contribution in [0.2, 0.25) is 0 Å². The van der Waals surface area contributed by atoms with Gasteiger partial charge in [-0.3, -0.25) is 0 Å². The van der Waals surface area contributed by atoms with Gasteiger partial charge in [0.1, 0.15) is 0 Å². The largest absolute Gasteiger partial charge is 0.478 e. The minimum atomic E-state index is -0.973. The third-order valence-corrected chi connectivity index (χ3v) is 2.43. The molecule has 0 aliphatic rings. The van der Waals surface area contributed by atoms with Gasteiger partial charge in [-0.2, -0.15) is 5.10 Å². The van der Waals surface area contributed by atoms with Gasteiger partial charge in [-0.05, 0) is 13.3 Å². The average molecular weight is 219 g/mol. The molecule has 0 bridgehead atoms. The highest BCUT2D eigenvalue weighted by Crippen LogP contribution is 2.10. The predicted octanol–water partition coefficient (Wildman–Crippen LogP) is 1.69. The van der Waals surface area contributed by atoms with E-state index in [1.165, 1.54) is 10.7 Å². The molecule has 2 rings (SSSR count). The summed E-state index contributed by atoms with van der Waals surface area (Å²) in [6.45, 7) is 3.77. The van der Waals surface area contributed by atoms with E-state index in [0.717, 1.165) is 18.5 Å². The van der Waals surface area contributed by atoms with E-state index < -0.39 is 5.97 Å². The van der Waals surface area contributed by atoms with Crippen molar-refractivity contribution in [2.75, 3.05) is 0 Å². The van der Waals surface area contributed by atoms with Crippen LogP contribution >= 0.6 is 0 Å². The topological polar surface area (TPSA) is 67.5 Å². The van der Waals surface area contributed by atoms with E-state index in [2.05, 4.69) is 17.0 Å². The number of fused-ring (bicyclic) bond motifs is 1. The summed E-state index contributed by atoms with van der Waals surface area (Å²) in [5.41, 5.74) is 2.35. The van der Waals surface area contributed by atoms with Crippen LogP contribution < -0.4 is 0 Å². The third kappa shape index (κ3) is 1.76. The van der Waals surface area contributed by atoms with E-state index in [0.29, 0.717) is 11.3 Å². The number of aryl methyl sites for hydroxylation is 2. The lowest BCUT2D eigenvalue weighted by molar-refractivity contribution is 0.0695. The van der Waals surface area contributed by atoms with Crippen LogP contribution in [0.5, 0.6) is 0 Å². The Hall–Kier alpha value is -1.91. The highest BCUT2D eigenvalue weighted by molar-refractivity contribution is 5.88. The van der Waals surface area contributed by atoms with Crippen molar-refractivity contribution in [1.29, 1.82) is 0 Å². The fourth-order valence-corrected chi connectivity index (χ4v) is 1.65. The number of rotatable bonds is 3. The Balaban J connectivity index is 2.56. The quantitative estimate of drug-likeness (QED) is 0.852. The molecule has 0 fully saturated rings. The second-order valence-corrected chi connectivity index (χ2v) is 3.73. The standard InChI is InChI=1S/C11H13N3O2/c1-3-4-8-5-10-12-7(2)9(11(15)16)6-14(10)13-8/h5-6H,3-4H2,1-2H3,(H,15,16). The zero-order valence-electron chi connectivity index (χ0n) is 9.27. The molecule has 0 saturated heterocycles. The molecule has 0 spiro atoms. The molecule has 2 aromatic rings. The zero-order chi connectivity index (χ0) is 11.7. The normalized spacial score (nSPS) is 10.9. The van der Waals surface area contributed by atoms with Crippen LogP contribution in [0.1, 0.15) is 35.1 Å². The molecule has 0 saturated carbocycles.